The maximum Gasteiger partial charge on any atom is 0.435 e. The molecule has 0 atom stereocenters. The zero-order valence-electron chi connectivity index (χ0n) is 13.4. The zero-order valence-corrected chi connectivity index (χ0v) is 13.4. The first-order chi connectivity index (χ1) is 11.9. The maximum absolute atomic E-state index is 13.7. The van der Waals surface area contributed by atoms with Gasteiger partial charge < -0.3 is 5.32 Å². The lowest BCUT2D eigenvalue weighted by Gasteiger charge is -2.32. The van der Waals surface area contributed by atoms with E-state index < -0.39 is 11.9 Å². The third-order valence-corrected chi connectivity index (χ3v) is 4.25. The Morgan fingerprint density at radius 2 is 1.76 bits per heavy atom. The highest BCUT2D eigenvalue weighted by molar-refractivity contribution is 5.34. The van der Waals surface area contributed by atoms with Crippen LogP contribution in [0.3, 0.4) is 0 Å². The lowest BCUT2D eigenvalue weighted by molar-refractivity contribution is -0.141. The topological polar surface area (TPSA) is 41.0 Å². The molecule has 3 rings (SSSR count). The highest BCUT2D eigenvalue weighted by Crippen LogP contribution is 2.27. The number of hydrogen-bond donors (Lipinski definition) is 1. The fourth-order valence-electron chi connectivity index (χ4n) is 2.87. The second-order valence-electron chi connectivity index (χ2n) is 6.09. The van der Waals surface area contributed by atoms with Crippen LogP contribution in [0.4, 0.5) is 23.4 Å². The van der Waals surface area contributed by atoms with E-state index in [0.717, 1.165) is 32.0 Å². The number of rotatable bonds is 4. The van der Waals surface area contributed by atoms with E-state index in [-0.39, 0.29) is 11.9 Å². The third-order valence-electron chi connectivity index (χ3n) is 4.25. The number of nitrogens with zero attached hydrogens (tertiary/aromatic N) is 3. The van der Waals surface area contributed by atoms with Crippen LogP contribution < -0.4 is 5.32 Å². The van der Waals surface area contributed by atoms with Gasteiger partial charge in [-0.2, -0.15) is 13.2 Å². The minimum atomic E-state index is -4.48. The van der Waals surface area contributed by atoms with E-state index in [9.17, 15) is 17.6 Å². The van der Waals surface area contributed by atoms with Crippen LogP contribution in [0.5, 0.6) is 0 Å². The molecule has 0 saturated carbocycles. The van der Waals surface area contributed by atoms with Crippen LogP contribution in [0.1, 0.15) is 24.1 Å². The van der Waals surface area contributed by atoms with E-state index in [1.165, 1.54) is 12.1 Å². The summed E-state index contributed by atoms with van der Waals surface area (Å²) in [5, 5.41) is 9.91. The Kier molecular flexibility index (Phi) is 5.17. The molecule has 8 heteroatoms. The molecule has 1 N–H and O–H groups in total. The van der Waals surface area contributed by atoms with Crippen molar-refractivity contribution in [2.45, 2.75) is 31.6 Å². The molecule has 1 fully saturated rings. The van der Waals surface area contributed by atoms with Crippen LogP contribution in [0.2, 0.25) is 0 Å². The fraction of sp³-hybridized carbons (Fsp3) is 0.412. The van der Waals surface area contributed by atoms with Gasteiger partial charge in [0.15, 0.2) is 5.69 Å². The molecule has 4 nitrogen and oxygen atoms in total. The van der Waals surface area contributed by atoms with Gasteiger partial charge in [0.1, 0.15) is 11.6 Å². The first-order valence-corrected chi connectivity index (χ1v) is 8.05. The van der Waals surface area contributed by atoms with Crippen molar-refractivity contribution in [1.82, 2.24) is 15.1 Å². The Hall–Kier alpha value is -2.22. The molecule has 0 unspecified atom stereocenters. The minimum absolute atomic E-state index is 0.114. The standard InChI is InChI=1S/C17H18F4N4/c18-14-4-2-1-3-12(14)11-25-9-7-13(8-10-25)22-16-6-5-15(23-24-16)17(19,20)21/h1-6,13H,7-11H2,(H,22,24). The summed E-state index contributed by atoms with van der Waals surface area (Å²) in [6.45, 7) is 2.11. The van der Waals surface area contributed by atoms with E-state index in [2.05, 4.69) is 20.4 Å². The van der Waals surface area contributed by atoms with Gasteiger partial charge in [0.05, 0.1) is 0 Å². The summed E-state index contributed by atoms with van der Waals surface area (Å²) in [6, 6.07) is 9.04. The molecule has 0 amide bonds. The molecule has 134 valence electrons. The van der Waals surface area contributed by atoms with Crippen LogP contribution in [0.15, 0.2) is 36.4 Å². The summed E-state index contributed by atoms with van der Waals surface area (Å²) in [6.07, 6.45) is -2.88. The second kappa shape index (κ2) is 7.35. The molecule has 2 heterocycles. The Balaban J connectivity index is 1.50. The van der Waals surface area contributed by atoms with Crippen molar-refractivity contribution in [3.8, 4) is 0 Å². The quantitative estimate of drug-likeness (QED) is 0.850. The predicted molar refractivity (Wildman–Crippen MR) is 85.4 cm³/mol. The molecule has 0 aliphatic carbocycles. The molecule has 1 aromatic carbocycles. The summed E-state index contributed by atoms with van der Waals surface area (Å²) >= 11 is 0. The predicted octanol–water partition coefficient (Wildman–Crippen LogP) is 3.71. The number of benzene rings is 1. The van der Waals surface area contributed by atoms with Gasteiger partial charge in [-0.05, 0) is 31.0 Å². The number of aromatic nitrogens is 2. The zero-order chi connectivity index (χ0) is 17.9. The van der Waals surface area contributed by atoms with Gasteiger partial charge in [-0.25, -0.2) is 4.39 Å². The molecule has 25 heavy (non-hydrogen) atoms. The fourth-order valence-corrected chi connectivity index (χ4v) is 2.87. The van der Waals surface area contributed by atoms with Crippen LogP contribution in [-0.2, 0) is 12.7 Å². The highest BCUT2D eigenvalue weighted by Gasteiger charge is 2.33. The van der Waals surface area contributed by atoms with E-state index in [1.807, 2.05) is 6.07 Å². The smallest absolute Gasteiger partial charge is 0.366 e. The highest BCUT2D eigenvalue weighted by atomic mass is 19.4. The normalized spacial score (nSPS) is 16.8. The Labute approximate surface area is 142 Å². The van der Waals surface area contributed by atoms with Crippen molar-refractivity contribution in [3.05, 3.63) is 53.5 Å². The number of halogens is 4. The molecule has 0 bridgehead atoms. The van der Waals surface area contributed by atoms with Gasteiger partial charge in [-0.15, -0.1) is 10.2 Å². The third kappa shape index (κ3) is 4.66. The molecule has 1 saturated heterocycles. The number of nitrogens with one attached hydrogen (secondary N) is 1. The van der Waals surface area contributed by atoms with Crippen molar-refractivity contribution in [1.29, 1.82) is 0 Å². The van der Waals surface area contributed by atoms with E-state index in [0.29, 0.717) is 17.9 Å². The lowest BCUT2D eigenvalue weighted by atomic mass is 10.0. The van der Waals surface area contributed by atoms with Gasteiger partial charge in [0.2, 0.25) is 0 Å². The van der Waals surface area contributed by atoms with Crippen molar-refractivity contribution < 1.29 is 17.6 Å². The van der Waals surface area contributed by atoms with Gasteiger partial charge in [-0.1, -0.05) is 18.2 Å². The van der Waals surface area contributed by atoms with Crippen molar-refractivity contribution in [3.63, 3.8) is 0 Å². The Morgan fingerprint density at radius 1 is 1.04 bits per heavy atom. The summed E-state index contributed by atoms with van der Waals surface area (Å²) in [5.41, 5.74) is -0.333. The SMILES string of the molecule is Fc1ccccc1CN1CCC(Nc2ccc(C(F)(F)F)nn2)CC1. The van der Waals surface area contributed by atoms with Gasteiger partial charge in [0.25, 0.3) is 0 Å². The Bertz CT molecular complexity index is 695. The van der Waals surface area contributed by atoms with E-state index in [4.69, 9.17) is 0 Å². The Morgan fingerprint density at radius 3 is 2.36 bits per heavy atom. The molecule has 0 radical (unpaired) electrons. The summed E-state index contributed by atoms with van der Waals surface area (Å²) in [5.74, 6) is 0.128. The van der Waals surface area contributed by atoms with E-state index in [1.54, 1.807) is 12.1 Å². The number of piperidine rings is 1. The lowest BCUT2D eigenvalue weighted by Crippen LogP contribution is -2.39. The first kappa shape index (κ1) is 17.6. The number of anilines is 1. The largest absolute Gasteiger partial charge is 0.435 e. The summed E-state index contributed by atoms with van der Waals surface area (Å²) in [7, 11) is 0. The summed E-state index contributed by atoms with van der Waals surface area (Å²) < 4.78 is 51.1. The monoisotopic (exact) mass is 354 g/mol. The minimum Gasteiger partial charge on any atom is -0.366 e. The van der Waals surface area contributed by atoms with Crippen LogP contribution in [0.25, 0.3) is 0 Å². The van der Waals surface area contributed by atoms with Crippen LogP contribution in [0, 0.1) is 5.82 Å². The second-order valence-corrected chi connectivity index (χ2v) is 6.09. The van der Waals surface area contributed by atoms with Gasteiger partial charge >= 0.3 is 6.18 Å². The first-order valence-electron chi connectivity index (χ1n) is 8.05. The molecule has 2 aromatic rings. The number of likely N-dealkylation sites (tertiary alicyclic amines) is 1. The molecule has 1 aromatic heterocycles. The average molecular weight is 354 g/mol. The van der Waals surface area contributed by atoms with Crippen molar-refractivity contribution in [2.24, 2.45) is 0 Å². The van der Waals surface area contributed by atoms with Gasteiger partial charge in [-0.3, -0.25) is 4.90 Å². The molecule has 1 aliphatic rings. The van der Waals surface area contributed by atoms with Gasteiger partial charge in [0, 0.05) is 31.2 Å². The number of hydrogen-bond acceptors (Lipinski definition) is 4. The van der Waals surface area contributed by atoms with E-state index >= 15 is 0 Å². The van der Waals surface area contributed by atoms with Crippen LogP contribution >= 0.6 is 0 Å². The molecule has 1 aliphatic heterocycles. The van der Waals surface area contributed by atoms with Crippen LogP contribution in [-0.4, -0.2) is 34.2 Å². The van der Waals surface area contributed by atoms with Crippen molar-refractivity contribution >= 4 is 5.82 Å². The molecular weight excluding hydrogens is 336 g/mol. The van der Waals surface area contributed by atoms with Crippen molar-refractivity contribution in [2.75, 3.05) is 18.4 Å². The number of alkyl halides is 3. The maximum atomic E-state index is 13.7. The molecular formula is C17H18F4N4. The average Bonchev–Trinajstić information content (AvgIpc) is 2.58. The summed E-state index contributed by atoms with van der Waals surface area (Å²) in [4.78, 5) is 2.16. The molecule has 0 spiro atoms.